The Labute approximate surface area is 247 Å². The fourth-order valence-corrected chi connectivity index (χ4v) is 5.51. The van der Waals surface area contributed by atoms with Gasteiger partial charge in [-0.3, -0.25) is 0 Å². The zero-order valence-electron chi connectivity index (χ0n) is 25.2. The summed E-state index contributed by atoms with van der Waals surface area (Å²) in [5.74, 6) is -0.0583. The van der Waals surface area contributed by atoms with Gasteiger partial charge >= 0.3 is 12.0 Å². The Morgan fingerprint density at radius 3 is 2.12 bits per heavy atom. The molecule has 2 aliphatic carbocycles. The van der Waals surface area contributed by atoms with E-state index in [-0.39, 0.29) is 38.2 Å². The summed E-state index contributed by atoms with van der Waals surface area (Å²) in [5.41, 5.74) is -0.0228. The Morgan fingerprint density at radius 2 is 1.62 bits per heavy atom. The number of benzene rings is 2. The Bertz CT molecular complexity index is 1200. The lowest BCUT2D eigenvalue weighted by Gasteiger charge is -2.45. The highest BCUT2D eigenvalue weighted by atomic mass is 16.5. The molecule has 0 unspecified atom stereocenters. The predicted molar refractivity (Wildman–Crippen MR) is 157 cm³/mol. The maximum atomic E-state index is 13.8. The third-order valence-electron chi connectivity index (χ3n) is 8.30. The summed E-state index contributed by atoms with van der Waals surface area (Å²) in [6.07, 6.45) is 1.18. The maximum Gasteiger partial charge on any atom is 0.329 e. The monoisotopic (exact) mass is 584 g/mol. The molecule has 2 saturated carbocycles. The van der Waals surface area contributed by atoms with E-state index in [1.165, 1.54) is 7.11 Å². The lowest BCUT2D eigenvalue weighted by molar-refractivity contribution is -0.155. The van der Waals surface area contributed by atoms with Crippen LogP contribution in [0.15, 0.2) is 42.5 Å². The van der Waals surface area contributed by atoms with Crippen molar-refractivity contribution in [3.05, 3.63) is 59.2 Å². The molecule has 0 aliphatic heterocycles. The molecule has 0 heterocycles. The highest BCUT2D eigenvalue weighted by Gasteiger charge is 2.53. The third kappa shape index (κ3) is 6.82. The zero-order chi connectivity index (χ0) is 30.5. The number of urea groups is 1. The number of carboxylic acids is 1. The van der Waals surface area contributed by atoms with Gasteiger partial charge in [-0.2, -0.15) is 0 Å². The first kappa shape index (κ1) is 31.6. The molecule has 10 nitrogen and oxygen atoms in total. The van der Waals surface area contributed by atoms with Crippen molar-refractivity contribution in [2.75, 3.05) is 33.5 Å². The van der Waals surface area contributed by atoms with Crippen LogP contribution in [0, 0.1) is 0 Å². The Kier molecular flexibility index (Phi) is 10.0. The second-order valence-electron chi connectivity index (χ2n) is 11.2. The predicted octanol–water partition coefficient (Wildman–Crippen LogP) is 4.95. The smallest absolute Gasteiger partial charge is 0.329 e. The van der Waals surface area contributed by atoms with E-state index in [1.807, 2.05) is 70.2 Å². The highest BCUT2D eigenvalue weighted by Crippen LogP contribution is 2.53. The molecule has 230 valence electrons. The van der Waals surface area contributed by atoms with Gasteiger partial charge in [-0.1, -0.05) is 30.3 Å². The first-order valence-electron chi connectivity index (χ1n) is 14.7. The minimum Gasteiger partial charge on any atom is -0.493 e. The first-order valence-corrected chi connectivity index (χ1v) is 14.7. The van der Waals surface area contributed by atoms with E-state index in [0.29, 0.717) is 43.1 Å². The summed E-state index contributed by atoms with van der Waals surface area (Å²) < 4.78 is 23.3. The van der Waals surface area contributed by atoms with E-state index in [9.17, 15) is 19.8 Å². The zero-order valence-corrected chi connectivity index (χ0v) is 25.2. The van der Waals surface area contributed by atoms with Gasteiger partial charge in [0.2, 0.25) is 0 Å². The quantitative estimate of drug-likeness (QED) is 0.269. The molecule has 0 radical (unpaired) electrons. The molecule has 2 fully saturated rings. The number of nitrogens with zero attached hydrogens (tertiary/aromatic N) is 1. The van der Waals surface area contributed by atoms with Gasteiger partial charge in [0.15, 0.2) is 0 Å². The Balaban J connectivity index is 1.62. The minimum absolute atomic E-state index is 0.185. The summed E-state index contributed by atoms with van der Waals surface area (Å²) in [4.78, 5) is 27.6. The summed E-state index contributed by atoms with van der Waals surface area (Å²) in [7, 11) is 1.53. The highest BCUT2D eigenvalue weighted by molar-refractivity contribution is 5.87. The van der Waals surface area contributed by atoms with Crippen LogP contribution in [0.3, 0.4) is 0 Å². The number of rotatable bonds is 15. The molecule has 2 aliphatic rings. The lowest BCUT2D eigenvalue weighted by atomic mass is 9.74. The van der Waals surface area contributed by atoms with Gasteiger partial charge in [0, 0.05) is 26.5 Å². The van der Waals surface area contributed by atoms with Crippen molar-refractivity contribution >= 4 is 12.0 Å². The third-order valence-corrected chi connectivity index (χ3v) is 8.30. The van der Waals surface area contributed by atoms with E-state index >= 15 is 0 Å². The van der Waals surface area contributed by atoms with Gasteiger partial charge in [-0.05, 0) is 63.8 Å². The molecular formula is C32H44N2O8. The van der Waals surface area contributed by atoms with Crippen LogP contribution < -0.4 is 14.8 Å². The van der Waals surface area contributed by atoms with Crippen LogP contribution in [-0.4, -0.2) is 72.2 Å². The summed E-state index contributed by atoms with van der Waals surface area (Å²) in [6.45, 7) is 8.78. The van der Waals surface area contributed by atoms with Gasteiger partial charge in [0.25, 0.3) is 0 Å². The lowest BCUT2D eigenvalue weighted by Crippen LogP contribution is -2.66. The van der Waals surface area contributed by atoms with E-state index in [1.54, 1.807) is 4.90 Å². The molecule has 2 atom stereocenters. The average molecular weight is 585 g/mol. The fraction of sp³-hybridized carbons (Fsp3) is 0.562. The fourth-order valence-electron chi connectivity index (χ4n) is 5.51. The van der Waals surface area contributed by atoms with Crippen molar-refractivity contribution < 1.29 is 38.7 Å². The van der Waals surface area contributed by atoms with Gasteiger partial charge in [-0.15, -0.1) is 0 Å². The van der Waals surface area contributed by atoms with Gasteiger partial charge < -0.3 is 39.4 Å². The van der Waals surface area contributed by atoms with Crippen LogP contribution in [-0.2, 0) is 19.9 Å². The molecule has 10 heteroatoms. The van der Waals surface area contributed by atoms with Crippen LogP contribution in [0.25, 0.3) is 0 Å². The first-order chi connectivity index (χ1) is 20.1. The molecule has 42 heavy (non-hydrogen) atoms. The standard InChI is InChI=1S/C32H44N2O8/c1-6-40-26-17-24(18-27(41-7-2)28(26)32(38)13-14-32)21(3)34(15-16-42-22(4)23-11-9-8-10-12-23)30(37)33-31(29(35)36)19-25(20-31)39-5/h8-12,17-18,21-22,25,38H,6-7,13-16,19-20H2,1-5H3,(H,33,37)(H,35,36)/t21-,22+,25?,31?/m1/s1. The number of hydrogen-bond donors (Lipinski definition) is 3. The summed E-state index contributed by atoms with van der Waals surface area (Å²) >= 11 is 0. The molecule has 0 aromatic heterocycles. The summed E-state index contributed by atoms with van der Waals surface area (Å²) in [6, 6.07) is 12.5. The minimum atomic E-state index is -1.40. The molecular weight excluding hydrogens is 540 g/mol. The van der Waals surface area contributed by atoms with Crippen LogP contribution in [0.1, 0.15) is 82.2 Å². The second-order valence-corrected chi connectivity index (χ2v) is 11.2. The molecule has 2 aromatic carbocycles. The molecule has 4 rings (SSSR count). The van der Waals surface area contributed by atoms with Gasteiger partial charge in [0.05, 0.1) is 49.2 Å². The van der Waals surface area contributed by atoms with Gasteiger partial charge in [-0.25, -0.2) is 9.59 Å². The van der Waals surface area contributed by atoms with E-state index in [0.717, 1.165) is 11.1 Å². The number of carbonyl (C=O) groups is 2. The van der Waals surface area contributed by atoms with Crippen LogP contribution >= 0.6 is 0 Å². The number of amides is 2. The molecule has 2 amide bonds. The van der Waals surface area contributed by atoms with Crippen LogP contribution in [0.4, 0.5) is 4.79 Å². The Hall–Kier alpha value is -3.34. The number of aliphatic carboxylic acids is 1. The average Bonchev–Trinajstić information content (AvgIpc) is 3.70. The number of aliphatic hydroxyl groups is 1. The Morgan fingerprint density at radius 1 is 1.02 bits per heavy atom. The van der Waals surface area contributed by atoms with Crippen LogP contribution in [0.2, 0.25) is 0 Å². The van der Waals surface area contributed by atoms with Crippen LogP contribution in [0.5, 0.6) is 11.5 Å². The SMILES string of the molecule is CCOc1cc([C@@H](C)N(CCO[C@@H](C)c2ccccc2)C(=O)NC2(C(=O)O)CC(OC)C2)cc(OCC)c1C1(O)CC1. The largest absolute Gasteiger partial charge is 0.493 e. The van der Waals surface area contributed by atoms with Gasteiger partial charge in [0.1, 0.15) is 17.0 Å². The topological polar surface area (TPSA) is 127 Å². The number of nitrogens with one attached hydrogen (secondary N) is 1. The molecule has 0 saturated heterocycles. The number of carbonyl (C=O) groups excluding carboxylic acids is 1. The molecule has 0 spiro atoms. The van der Waals surface area contributed by atoms with E-state index in [4.69, 9.17) is 18.9 Å². The van der Waals surface area contributed by atoms with Crippen molar-refractivity contribution in [1.29, 1.82) is 0 Å². The van der Waals surface area contributed by atoms with E-state index < -0.39 is 29.2 Å². The normalized spacial score (nSPS) is 21.9. The van der Waals surface area contributed by atoms with Crippen molar-refractivity contribution in [3.8, 4) is 11.5 Å². The second kappa shape index (κ2) is 13.3. The van der Waals surface area contributed by atoms with Crippen molar-refractivity contribution in [2.45, 2.75) is 82.8 Å². The number of ether oxygens (including phenoxy) is 4. The number of methoxy groups -OCH3 is 1. The molecule has 3 N–H and O–H groups in total. The maximum absolute atomic E-state index is 13.8. The summed E-state index contributed by atoms with van der Waals surface area (Å²) in [5, 5.41) is 23.8. The molecule has 2 aromatic rings. The van der Waals surface area contributed by atoms with Crippen molar-refractivity contribution in [1.82, 2.24) is 10.2 Å². The number of carboxylic acid groups (broad SMARTS) is 1. The van der Waals surface area contributed by atoms with E-state index in [2.05, 4.69) is 5.32 Å². The molecule has 0 bridgehead atoms. The van der Waals surface area contributed by atoms with Crippen molar-refractivity contribution in [2.24, 2.45) is 0 Å². The number of hydrogen-bond acceptors (Lipinski definition) is 7. The van der Waals surface area contributed by atoms with Crippen molar-refractivity contribution in [3.63, 3.8) is 0 Å².